The van der Waals surface area contributed by atoms with E-state index in [4.69, 9.17) is 0 Å². The van der Waals surface area contributed by atoms with Crippen molar-refractivity contribution in [2.75, 3.05) is 0 Å². The molecule has 1 aliphatic rings. The maximum Gasteiger partial charge on any atom is 0.323 e. The zero-order valence-electron chi connectivity index (χ0n) is 13.1. The minimum absolute atomic E-state index is 0.0550. The third-order valence-electron chi connectivity index (χ3n) is 4.30. The van der Waals surface area contributed by atoms with Gasteiger partial charge in [0.15, 0.2) is 0 Å². The van der Waals surface area contributed by atoms with E-state index in [0.29, 0.717) is 12.8 Å². The van der Waals surface area contributed by atoms with Gasteiger partial charge in [0.2, 0.25) is 0 Å². The van der Waals surface area contributed by atoms with Crippen LogP contribution < -0.4 is 5.32 Å². The maximum atomic E-state index is 12.0. The fraction of sp³-hybridized carbons (Fsp3) is 0.500. The molecular weight excluding hydrogens is 312 g/mol. The molecule has 0 saturated carbocycles. The van der Waals surface area contributed by atoms with E-state index >= 15 is 0 Å². The van der Waals surface area contributed by atoms with E-state index in [1.807, 2.05) is 19.2 Å². The van der Waals surface area contributed by atoms with Crippen molar-refractivity contribution in [2.24, 2.45) is 5.92 Å². The lowest BCUT2D eigenvalue weighted by atomic mass is 9.83. The smallest absolute Gasteiger partial charge is 0.323 e. The highest BCUT2D eigenvalue weighted by Gasteiger charge is 2.52. The van der Waals surface area contributed by atoms with Gasteiger partial charge in [-0.05, 0) is 18.8 Å². The van der Waals surface area contributed by atoms with Gasteiger partial charge in [0.1, 0.15) is 5.54 Å². The van der Waals surface area contributed by atoms with Crippen LogP contribution in [-0.2, 0) is 4.79 Å². The Hall–Kier alpha value is -1.86. The van der Waals surface area contributed by atoms with E-state index in [0.717, 1.165) is 11.4 Å². The molecule has 1 fully saturated rings. The second-order valence-corrected chi connectivity index (χ2v) is 7.18. The normalized spacial score (nSPS) is 27.4. The first kappa shape index (κ1) is 16.0. The Balaban J connectivity index is 2.00. The van der Waals surface area contributed by atoms with Crippen LogP contribution in [-0.4, -0.2) is 31.6 Å². The predicted molar refractivity (Wildman–Crippen MR) is 87.2 cm³/mol. The molecule has 1 saturated heterocycles. The molecule has 0 aliphatic carbocycles. The van der Waals surface area contributed by atoms with Crippen LogP contribution in [0.15, 0.2) is 29.5 Å². The molecule has 3 rings (SSSR count). The Morgan fingerprint density at radius 1 is 1.43 bits per heavy atom. The molecule has 0 bridgehead atoms. The predicted octanol–water partition coefficient (Wildman–Crippen LogP) is 2.62. The quantitative estimate of drug-likeness (QED) is 0.875. The number of carboxylic acids is 1. The summed E-state index contributed by atoms with van der Waals surface area (Å²) in [5, 5.41) is 15.2. The summed E-state index contributed by atoms with van der Waals surface area (Å²) in [6, 6.07) is -0.159. The number of rotatable bonds is 5. The highest BCUT2D eigenvalue weighted by atomic mass is 32.1. The Kier molecular flexibility index (Phi) is 4.41. The minimum Gasteiger partial charge on any atom is -0.480 e. The van der Waals surface area contributed by atoms with Gasteiger partial charge in [0, 0.05) is 29.9 Å². The molecule has 1 aliphatic heterocycles. The van der Waals surface area contributed by atoms with Crippen LogP contribution in [0.5, 0.6) is 0 Å². The summed E-state index contributed by atoms with van der Waals surface area (Å²) in [4.78, 5) is 25.0. The Morgan fingerprint density at radius 3 is 2.83 bits per heavy atom. The zero-order valence-corrected chi connectivity index (χ0v) is 14.0. The summed E-state index contributed by atoms with van der Waals surface area (Å²) in [5.74, 6) is -0.589. The SMILES string of the molecule is CC(C)CC1(C(=O)O)CC(c2cnccn2)C(c2cscn2)N1. The van der Waals surface area contributed by atoms with Crippen LogP contribution in [0.3, 0.4) is 0 Å². The highest BCUT2D eigenvalue weighted by Crippen LogP contribution is 2.45. The Labute approximate surface area is 139 Å². The van der Waals surface area contributed by atoms with Crippen LogP contribution >= 0.6 is 11.3 Å². The number of nitrogens with zero attached hydrogens (tertiary/aromatic N) is 3. The van der Waals surface area contributed by atoms with Crippen molar-refractivity contribution < 1.29 is 9.90 Å². The number of hydrogen-bond donors (Lipinski definition) is 2. The molecule has 3 heterocycles. The average Bonchev–Trinajstić information content (AvgIpc) is 3.15. The third-order valence-corrected chi connectivity index (χ3v) is 4.91. The van der Waals surface area contributed by atoms with Crippen LogP contribution in [0, 0.1) is 5.92 Å². The van der Waals surface area contributed by atoms with Gasteiger partial charge in [0.25, 0.3) is 0 Å². The lowest BCUT2D eigenvalue weighted by Gasteiger charge is -2.27. The van der Waals surface area contributed by atoms with E-state index in [1.165, 1.54) is 11.3 Å². The number of aromatic nitrogens is 3. The molecule has 0 spiro atoms. The first-order valence-corrected chi connectivity index (χ1v) is 8.61. The minimum atomic E-state index is -0.954. The molecule has 6 nitrogen and oxygen atoms in total. The summed E-state index contributed by atoms with van der Waals surface area (Å²) in [6.45, 7) is 4.08. The van der Waals surface area contributed by atoms with Gasteiger partial charge in [-0.15, -0.1) is 11.3 Å². The molecule has 0 amide bonds. The molecule has 2 aromatic rings. The monoisotopic (exact) mass is 332 g/mol. The van der Waals surface area contributed by atoms with Gasteiger partial charge >= 0.3 is 5.97 Å². The van der Waals surface area contributed by atoms with Gasteiger partial charge in [-0.2, -0.15) is 0 Å². The standard InChI is InChI=1S/C16H20N4O2S/c1-10(2)5-16(15(21)22)6-11(12-7-17-3-4-18-12)14(20-16)13-8-23-9-19-13/h3-4,7-11,14,20H,5-6H2,1-2H3,(H,21,22). The first-order chi connectivity index (χ1) is 11.0. The molecule has 3 unspecified atom stereocenters. The fourth-order valence-electron chi connectivity index (χ4n) is 3.46. The summed E-state index contributed by atoms with van der Waals surface area (Å²) in [5.41, 5.74) is 2.50. The number of carboxylic acid groups (broad SMARTS) is 1. The van der Waals surface area contributed by atoms with E-state index in [-0.39, 0.29) is 17.9 Å². The second kappa shape index (κ2) is 6.33. The van der Waals surface area contributed by atoms with Crippen LogP contribution in [0.4, 0.5) is 0 Å². The molecule has 2 N–H and O–H groups in total. The lowest BCUT2D eigenvalue weighted by Crippen LogP contribution is -2.49. The molecular formula is C16H20N4O2S. The Bertz CT molecular complexity index is 662. The van der Waals surface area contributed by atoms with Crippen molar-refractivity contribution >= 4 is 17.3 Å². The lowest BCUT2D eigenvalue weighted by molar-refractivity contribution is -0.145. The van der Waals surface area contributed by atoms with E-state index in [9.17, 15) is 9.90 Å². The summed E-state index contributed by atoms with van der Waals surface area (Å²) >= 11 is 1.51. The number of carbonyl (C=O) groups is 1. The van der Waals surface area contributed by atoms with Crippen molar-refractivity contribution in [3.05, 3.63) is 40.9 Å². The van der Waals surface area contributed by atoms with E-state index in [2.05, 4.69) is 20.3 Å². The largest absolute Gasteiger partial charge is 0.480 e. The van der Waals surface area contributed by atoms with Crippen molar-refractivity contribution in [1.82, 2.24) is 20.3 Å². The van der Waals surface area contributed by atoms with Crippen LogP contribution in [0.25, 0.3) is 0 Å². The molecule has 7 heteroatoms. The van der Waals surface area contributed by atoms with Gasteiger partial charge < -0.3 is 5.11 Å². The fourth-order valence-corrected chi connectivity index (χ4v) is 4.05. The number of nitrogens with one attached hydrogen (secondary N) is 1. The van der Waals surface area contributed by atoms with E-state index < -0.39 is 11.5 Å². The van der Waals surface area contributed by atoms with Gasteiger partial charge in [-0.25, -0.2) is 4.98 Å². The summed E-state index contributed by atoms with van der Waals surface area (Å²) in [6.07, 6.45) is 6.05. The number of hydrogen-bond acceptors (Lipinski definition) is 6. The van der Waals surface area contributed by atoms with Gasteiger partial charge in [-0.1, -0.05) is 13.8 Å². The topological polar surface area (TPSA) is 88.0 Å². The van der Waals surface area contributed by atoms with Crippen molar-refractivity contribution in [3.63, 3.8) is 0 Å². The van der Waals surface area contributed by atoms with Gasteiger partial charge in [-0.3, -0.25) is 20.1 Å². The Morgan fingerprint density at radius 2 is 2.26 bits per heavy atom. The summed E-state index contributed by atoms with van der Waals surface area (Å²) < 4.78 is 0. The second-order valence-electron chi connectivity index (χ2n) is 6.46. The molecule has 3 atom stereocenters. The molecule has 0 radical (unpaired) electrons. The molecule has 0 aromatic carbocycles. The average molecular weight is 332 g/mol. The zero-order chi connectivity index (χ0) is 16.4. The molecule has 23 heavy (non-hydrogen) atoms. The number of thiazole rings is 1. The third kappa shape index (κ3) is 3.11. The van der Waals surface area contributed by atoms with Crippen molar-refractivity contribution in [1.29, 1.82) is 0 Å². The highest BCUT2D eigenvalue weighted by molar-refractivity contribution is 7.07. The van der Waals surface area contributed by atoms with E-state index in [1.54, 1.807) is 24.1 Å². The molecule has 2 aromatic heterocycles. The molecule has 122 valence electrons. The maximum absolute atomic E-state index is 12.0. The first-order valence-electron chi connectivity index (χ1n) is 7.67. The number of aliphatic carboxylic acids is 1. The summed E-state index contributed by atoms with van der Waals surface area (Å²) in [7, 11) is 0. The van der Waals surface area contributed by atoms with Crippen molar-refractivity contribution in [3.8, 4) is 0 Å². The van der Waals surface area contributed by atoms with Crippen molar-refractivity contribution in [2.45, 2.75) is 44.2 Å². The van der Waals surface area contributed by atoms with Gasteiger partial charge in [0.05, 0.1) is 22.9 Å². The van der Waals surface area contributed by atoms with Crippen LogP contribution in [0.2, 0.25) is 0 Å². The van der Waals surface area contributed by atoms with Crippen LogP contribution in [0.1, 0.15) is 50.0 Å².